The molecule has 0 saturated heterocycles. The van der Waals surface area contributed by atoms with Crippen molar-refractivity contribution in [3.8, 4) is 0 Å². The minimum atomic E-state index is -1.04. The Hall–Kier alpha value is -2.33. The van der Waals surface area contributed by atoms with Crippen molar-refractivity contribution in [2.24, 2.45) is 10.7 Å². The summed E-state index contributed by atoms with van der Waals surface area (Å²) in [5, 5.41) is 13.5. The maximum Gasteiger partial charge on any atom is 0.193 e. The Kier molecular flexibility index (Phi) is 4.83. The molecular formula is C18H23N3O. The minimum absolute atomic E-state index is 0.195. The van der Waals surface area contributed by atoms with E-state index >= 15 is 0 Å². The predicted molar refractivity (Wildman–Crippen MR) is 92.0 cm³/mol. The van der Waals surface area contributed by atoms with E-state index in [1.165, 1.54) is 11.1 Å². The number of hydrogen-bond acceptors (Lipinski definition) is 2. The van der Waals surface area contributed by atoms with Crippen molar-refractivity contribution in [2.75, 3.05) is 11.9 Å². The molecule has 4 nitrogen and oxygen atoms in total. The Morgan fingerprint density at radius 1 is 1.14 bits per heavy atom. The Balaban J connectivity index is 2.04. The lowest BCUT2D eigenvalue weighted by Crippen LogP contribution is -2.29. The van der Waals surface area contributed by atoms with Crippen LogP contribution in [0, 0.1) is 13.8 Å². The summed E-state index contributed by atoms with van der Waals surface area (Å²) < 4.78 is 0. The molecule has 0 heterocycles. The standard InChI is InChI=1S/C18H23N3O/c1-13-9-10-16(11-14(13)2)21-17(19)20-12-18(3,22)15-7-5-4-6-8-15/h4-11,22H,12H2,1-3H3,(H3,19,20,21). The maximum atomic E-state index is 10.5. The molecule has 0 fully saturated rings. The van der Waals surface area contributed by atoms with E-state index in [4.69, 9.17) is 5.73 Å². The summed E-state index contributed by atoms with van der Waals surface area (Å²) in [4.78, 5) is 4.25. The Labute approximate surface area is 131 Å². The highest BCUT2D eigenvalue weighted by Crippen LogP contribution is 2.20. The number of nitrogens with one attached hydrogen (secondary N) is 1. The van der Waals surface area contributed by atoms with E-state index in [2.05, 4.69) is 17.2 Å². The van der Waals surface area contributed by atoms with Crippen LogP contribution in [0.4, 0.5) is 5.69 Å². The lowest BCUT2D eigenvalue weighted by molar-refractivity contribution is 0.0674. The number of anilines is 1. The Morgan fingerprint density at radius 3 is 2.45 bits per heavy atom. The summed E-state index contributed by atoms with van der Waals surface area (Å²) >= 11 is 0. The quantitative estimate of drug-likeness (QED) is 0.600. The molecule has 116 valence electrons. The van der Waals surface area contributed by atoms with Gasteiger partial charge in [-0.25, -0.2) is 4.99 Å². The van der Waals surface area contributed by atoms with Gasteiger partial charge in [-0.2, -0.15) is 0 Å². The minimum Gasteiger partial charge on any atom is -0.384 e. The molecule has 4 N–H and O–H groups in total. The first-order chi connectivity index (χ1) is 10.4. The van der Waals surface area contributed by atoms with Crippen LogP contribution in [0.2, 0.25) is 0 Å². The Bertz CT molecular complexity index is 663. The second kappa shape index (κ2) is 6.62. The van der Waals surface area contributed by atoms with Crippen LogP contribution < -0.4 is 11.1 Å². The molecule has 4 heteroatoms. The lowest BCUT2D eigenvalue weighted by Gasteiger charge is -2.21. The van der Waals surface area contributed by atoms with Crippen molar-refractivity contribution in [3.05, 3.63) is 65.2 Å². The number of rotatable bonds is 4. The molecule has 2 rings (SSSR count). The molecule has 0 amide bonds. The average molecular weight is 297 g/mol. The third kappa shape index (κ3) is 4.09. The SMILES string of the molecule is Cc1ccc(NC(N)=NCC(C)(O)c2ccccc2)cc1C. The largest absolute Gasteiger partial charge is 0.384 e. The van der Waals surface area contributed by atoms with Crippen LogP contribution >= 0.6 is 0 Å². The fraction of sp³-hybridized carbons (Fsp3) is 0.278. The van der Waals surface area contributed by atoms with Gasteiger partial charge in [-0.3, -0.25) is 0 Å². The summed E-state index contributed by atoms with van der Waals surface area (Å²) in [6, 6.07) is 15.5. The first-order valence-electron chi connectivity index (χ1n) is 7.30. The molecule has 22 heavy (non-hydrogen) atoms. The number of hydrogen-bond donors (Lipinski definition) is 3. The molecular weight excluding hydrogens is 274 g/mol. The lowest BCUT2D eigenvalue weighted by atomic mass is 9.96. The van der Waals surface area contributed by atoms with E-state index < -0.39 is 5.60 Å². The van der Waals surface area contributed by atoms with Crippen LogP contribution in [0.15, 0.2) is 53.5 Å². The first kappa shape index (κ1) is 16.0. The first-order valence-corrected chi connectivity index (χ1v) is 7.30. The summed E-state index contributed by atoms with van der Waals surface area (Å²) in [7, 11) is 0. The molecule has 0 radical (unpaired) electrons. The number of aryl methyl sites for hydroxylation is 2. The summed E-state index contributed by atoms with van der Waals surface area (Å²) in [6.45, 7) is 6.04. The highest BCUT2D eigenvalue weighted by atomic mass is 16.3. The average Bonchev–Trinajstić information content (AvgIpc) is 2.50. The van der Waals surface area contributed by atoms with Gasteiger partial charge in [-0.05, 0) is 49.6 Å². The number of aliphatic hydroxyl groups is 1. The molecule has 2 aromatic carbocycles. The molecule has 1 atom stereocenters. The molecule has 0 aliphatic carbocycles. The fourth-order valence-corrected chi connectivity index (χ4v) is 2.13. The van der Waals surface area contributed by atoms with Crippen molar-refractivity contribution in [3.63, 3.8) is 0 Å². The van der Waals surface area contributed by atoms with E-state index in [0.717, 1.165) is 11.3 Å². The van der Waals surface area contributed by atoms with Crippen molar-refractivity contribution in [2.45, 2.75) is 26.4 Å². The second-order valence-corrected chi connectivity index (χ2v) is 5.77. The number of nitrogens with two attached hydrogens (primary N) is 1. The van der Waals surface area contributed by atoms with Crippen LogP contribution in [0.1, 0.15) is 23.6 Å². The van der Waals surface area contributed by atoms with Crippen molar-refractivity contribution in [1.82, 2.24) is 0 Å². The van der Waals surface area contributed by atoms with Crippen LogP contribution in [0.3, 0.4) is 0 Å². The zero-order valence-corrected chi connectivity index (χ0v) is 13.3. The van der Waals surface area contributed by atoms with Crippen molar-refractivity contribution >= 4 is 11.6 Å². The van der Waals surface area contributed by atoms with Gasteiger partial charge in [-0.15, -0.1) is 0 Å². The summed E-state index contributed by atoms with van der Waals surface area (Å²) in [6.07, 6.45) is 0. The Morgan fingerprint density at radius 2 is 1.82 bits per heavy atom. The maximum absolute atomic E-state index is 10.5. The van der Waals surface area contributed by atoms with E-state index in [1.54, 1.807) is 6.92 Å². The van der Waals surface area contributed by atoms with Crippen LogP contribution in [0.5, 0.6) is 0 Å². The summed E-state index contributed by atoms with van der Waals surface area (Å²) in [5.74, 6) is 0.291. The van der Waals surface area contributed by atoms with Gasteiger partial charge in [0.25, 0.3) is 0 Å². The van der Waals surface area contributed by atoms with Crippen molar-refractivity contribution in [1.29, 1.82) is 0 Å². The van der Waals surface area contributed by atoms with Crippen LogP contribution in [-0.2, 0) is 5.60 Å². The van der Waals surface area contributed by atoms with Crippen molar-refractivity contribution < 1.29 is 5.11 Å². The van der Waals surface area contributed by atoms with Gasteiger partial charge in [0.05, 0.1) is 6.54 Å². The van der Waals surface area contributed by atoms with Gasteiger partial charge in [0.15, 0.2) is 5.96 Å². The van der Waals surface area contributed by atoms with E-state index in [1.807, 2.05) is 55.5 Å². The van der Waals surface area contributed by atoms with Gasteiger partial charge in [0.1, 0.15) is 5.60 Å². The van der Waals surface area contributed by atoms with Gasteiger partial charge in [0.2, 0.25) is 0 Å². The monoisotopic (exact) mass is 297 g/mol. The number of guanidine groups is 1. The van der Waals surface area contributed by atoms with E-state index in [0.29, 0.717) is 5.96 Å². The van der Waals surface area contributed by atoms with Gasteiger partial charge >= 0.3 is 0 Å². The zero-order valence-electron chi connectivity index (χ0n) is 13.3. The second-order valence-electron chi connectivity index (χ2n) is 5.77. The third-order valence-corrected chi connectivity index (χ3v) is 3.73. The van der Waals surface area contributed by atoms with Crippen LogP contribution in [-0.4, -0.2) is 17.6 Å². The number of nitrogens with zero attached hydrogens (tertiary/aromatic N) is 1. The van der Waals surface area contributed by atoms with Gasteiger partial charge in [0, 0.05) is 5.69 Å². The topological polar surface area (TPSA) is 70.6 Å². The molecule has 0 aromatic heterocycles. The highest BCUT2D eigenvalue weighted by Gasteiger charge is 2.22. The molecule has 0 aliphatic rings. The smallest absolute Gasteiger partial charge is 0.193 e. The fourth-order valence-electron chi connectivity index (χ4n) is 2.13. The van der Waals surface area contributed by atoms with Gasteiger partial charge in [-0.1, -0.05) is 36.4 Å². The molecule has 0 saturated carbocycles. The summed E-state index contributed by atoms with van der Waals surface area (Å²) in [5.41, 5.74) is 8.99. The highest BCUT2D eigenvalue weighted by molar-refractivity contribution is 5.92. The normalized spacial score (nSPS) is 14.5. The molecule has 1 unspecified atom stereocenters. The van der Waals surface area contributed by atoms with Gasteiger partial charge < -0.3 is 16.2 Å². The third-order valence-electron chi connectivity index (χ3n) is 3.73. The number of benzene rings is 2. The predicted octanol–water partition coefficient (Wildman–Crippen LogP) is 2.94. The zero-order chi connectivity index (χ0) is 16.2. The molecule has 0 aliphatic heterocycles. The van der Waals surface area contributed by atoms with E-state index in [9.17, 15) is 5.11 Å². The molecule has 2 aromatic rings. The van der Waals surface area contributed by atoms with E-state index in [-0.39, 0.29) is 6.54 Å². The molecule has 0 spiro atoms. The molecule has 0 bridgehead atoms. The number of aliphatic imine (C=N–C) groups is 1. The van der Waals surface area contributed by atoms with Crippen LogP contribution in [0.25, 0.3) is 0 Å².